The Morgan fingerprint density at radius 1 is 0.939 bits per heavy atom. The minimum Gasteiger partial charge on any atom is -0.348 e. The summed E-state index contributed by atoms with van der Waals surface area (Å²) in [6.45, 7) is 3.34. The molecule has 1 atom stereocenters. The summed E-state index contributed by atoms with van der Waals surface area (Å²) in [6.07, 6.45) is 6.27. The zero-order valence-electron chi connectivity index (χ0n) is 18.5. The highest BCUT2D eigenvalue weighted by Crippen LogP contribution is 2.23. The van der Waals surface area contributed by atoms with Gasteiger partial charge >= 0.3 is 0 Å². The third-order valence-electron chi connectivity index (χ3n) is 5.99. The van der Waals surface area contributed by atoms with Crippen LogP contribution in [0, 0.1) is 0 Å². The summed E-state index contributed by atoms with van der Waals surface area (Å²) >= 11 is 0. The van der Waals surface area contributed by atoms with Crippen molar-refractivity contribution in [2.75, 3.05) is 13.1 Å². The van der Waals surface area contributed by atoms with Crippen molar-refractivity contribution in [3.8, 4) is 11.3 Å². The van der Waals surface area contributed by atoms with E-state index >= 15 is 0 Å². The molecule has 1 fully saturated rings. The Bertz CT molecular complexity index is 1190. The number of likely N-dealkylation sites (tertiary alicyclic amines) is 1. The topological polar surface area (TPSA) is 63.1 Å². The fourth-order valence-corrected chi connectivity index (χ4v) is 4.35. The summed E-state index contributed by atoms with van der Waals surface area (Å²) in [5, 5.41) is 7.99. The molecule has 3 heterocycles. The van der Waals surface area contributed by atoms with Gasteiger partial charge in [0.15, 0.2) is 0 Å². The van der Waals surface area contributed by atoms with Crippen LogP contribution in [-0.2, 0) is 13.1 Å². The Labute approximate surface area is 193 Å². The van der Waals surface area contributed by atoms with E-state index < -0.39 is 0 Å². The lowest BCUT2D eigenvalue weighted by Gasteiger charge is -2.16. The molecule has 1 aliphatic rings. The van der Waals surface area contributed by atoms with E-state index in [-0.39, 0.29) is 11.9 Å². The van der Waals surface area contributed by atoms with Gasteiger partial charge in [-0.05, 0) is 29.7 Å². The van der Waals surface area contributed by atoms with Crippen molar-refractivity contribution < 1.29 is 4.79 Å². The summed E-state index contributed by atoms with van der Waals surface area (Å²) in [5.74, 6) is -0.0836. The maximum absolute atomic E-state index is 13.3. The second-order valence-corrected chi connectivity index (χ2v) is 8.50. The average molecular weight is 438 g/mol. The van der Waals surface area contributed by atoms with Crippen molar-refractivity contribution >= 4 is 5.91 Å². The standard InChI is InChI=1S/C27H27N5O/c33-27(29-24-13-15-31(19-24)17-21-8-3-1-4-9-21)25-20-32(18-22-10-5-2-6-11-22)30-26(25)23-12-7-14-28-16-23/h1-12,14,16,20,24H,13,15,17-19H2,(H,29,33)/t24-/m1/s1. The molecule has 0 aliphatic carbocycles. The highest BCUT2D eigenvalue weighted by Gasteiger charge is 2.26. The largest absolute Gasteiger partial charge is 0.348 e. The molecule has 1 amide bonds. The van der Waals surface area contributed by atoms with Crippen molar-refractivity contribution in [1.82, 2.24) is 25.0 Å². The molecule has 6 heteroatoms. The molecular weight excluding hydrogens is 410 g/mol. The summed E-state index contributed by atoms with van der Waals surface area (Å²) in [5.41, 5.74) is 4.52. The van der Waals surface area contributed by atoms with Crippen LogP contribution in [0.3, 0.4) is 0 Å². The molecule has 5 rings (SSSR count). The summed E-state index contributed by atoms with van der Waals surface area (Å²) in [4.78, 5) is 19.9. The lowest BCUT2D eigenvalue weighted by atomic mass is 10.1. The van der Waals surface area contributed by atoms with Gasteiger partial charge in [-0.25, -0.2) is 0 Å². The first-order valence-electron chi connectivity index (χ1n) is 11.3. The van der Waals surface area contributed by atoms with Crippen LogP contribution >= 0.6 is 0 Å². The normalized spacial score (nSPS) is 16.1. The molecule has 2 aromatic heterocycles. The Balaban J connectivity index is 1.31. The Kier molecular flexibility index (Phi) is 6.26. The quantitative estimate of drug-likeness (QED) is 0.475. The number of benzene rings is 2. The highest BCUT2D eigenvalue weighted by atomic mass is 16.1. The Morgan fingerprint density at radius 2 is 1.67 bits per heavy atom. The zero-order valence-corrected chi connectivity index (χ0v) is 18.5. The molecule has 0 unspecified atom stereocenters. The van der Waals surface area contributed by atoms with Gasteiger partial charge in [-0.15, -0.1) is 0 Å². The Hall–Kier alpha value is -3.77. The number of hydrogen-bond acceptors (Lipinski definition) is 4. The number of carbonyl (C=O) groups excluding carboxylic acids is 1. The molecule has 1 saturated heterocycles. The first-order valence-corrected chi connectivity index (χ1v) is 11.3. The maximum atomic E-state index is 13.3. The average Bonchev–Trinajstić information content (AvgIpc) is 3.48. The fraction of sp³-hybridized carbons (Fsp3) is 0.222. The van der Waals surface area contributed by atoms with E-state index in [0.717, 1.165) is 37.2 Å². The van der Waals surface area contributed by atoms with Gasteiger partial charge in [0.25, 0.3) is 5.91 Å². The molecule has 33 heavy (non-hydrogen) atoms. The number of nitrogens with zero attached hydrogens (tertiary/aromatic N) is 4. The molecule has 4 aromatic rings. The van der Waals surface area contributed by atoms with Crippen molar-refractivity contribution in [2.45, 2.75) is 25.6 Å². The molecule has 166 valence electrons. The van der Waals surface area contributed by atoms with Crippen molar-refractivity contribution in [3.05, 3.63) is 108 Å². The summed E-state index contributed by atoms with van der Waals surface area (Å²) in [7, 11) is 0. The Morgan fingerprint density at radius 3 is 2.36 bits per heavy atom. The van der Waals surface area contributed by atoms with Crippen molar-refractivity contribution in [2.24, 2.45) is 0 Å². The number of pyridine rings is 1. The van der Waals surface area contributed by atoms with E-state index in [1.165, 1.54) is 5.56 Å². The van der Waals surface area contributed by atoms with Crippen LogP contribution in [0.15, 0.2) is 91.4 Å². The SMILES string of the molecule is O=C(N[C@@H]1CCN(Cc2ccccc2)C1)c1cn(Cc2ccccc2)nc1-c1cccnc1. The third kappa shape index (κ3) is 5.18. The molecular formula is C27H27N5O. The number of aromatic nitrogens is 3. The minimum absolute atomic E-state index is 0.0836. The van der Waals surface area contributed by atoms with Crippen LogP contribution in [0.1, 0.15) is 27.9 Å². The smallest absolute Gasteiger partial charge is 0.255 e. The van der Waals surface area contributed by atoms with E-state index in [0.29, 0.717) is 17.8 Å². The van der Waals surface area contributed by atoms with Gasteiger partial charge in [0.05, 0.1) is 12.1 Å². The molecule has 1 aliphatic heterocycles. The van der Waals surface area contributed by atoms with Crippen molar-refractivity contribution in [1.29, 1.82) is 0 Å². The maximum Gasteiger partial charge on any atom is 0.255 e. The fourth-order valence-electron chi connectivity index (χ4n) is 4.35. The number of carbonyl (C=O) groups is 1. The number of nitrogens with one attached hydrogen (secondary N) is 1. The molecule has 0 radical (unpaired) electrons. The minimum atomic E-state index is -0.0836. The zero-order chi connectivity index (χ0) is 22.5. The monoisotopic (exact) mass is 437 g/mol. The molecule has 2 aromatic carbocycles. The second-order valence-electron chi connectivity index (χ2n) is 8.50. The van der Waals surface area contributed by atoms with Crippen LogP contribution in [0.4, 0.5) is 0 Å². The van der Waals surface area contributed by atoms with Crippen LogP contribution in [-0.4, -0.2) is 44.7 Å². The van der Waals surface area contributed by atoms with E-state index in [4.69, 9.17) is 5.10 Å². The predicted molar refractivity (Wildman–Crippen MR) is 129 cm³/mol. The van der Waals surface area contributed by atoms with Crippen LogP contribution in [0.2, 0.25) is 0 Å². The van der Waals surface area contributed by atoms with E-state index in [2.05, 4.69) is 51.6 Å². The van der Waals surface area contributed by atoms with Crippen molar-refractivity contribution in [3.63, 3.8) is 0 Å². The number of rotatable bonds is 7. The van der Waals surface area contributed by atoms with Gasteiger partial charge in [-0.1, -0.05) is 60.7 Å². The van der Waals surface area contributed by atoms with Gasteiger partial charge in [0.1, 0.15) is 5.69 Å². The number of amides is 1. The van der Waals surface area contributed by atoms with E-state index in [1.54, 1.807) is 12.4 Å². The van der Waals surface area contributed by atoms with Crippen LogP contribution < -0.4 is 5.32 Å². The van der Waals surface area contributed by atoms with Gasteiger partial charge < -0.3 is 5.32 Å². The van der Waals surface area contributed by atoms with Gasteiger partial charge in [0, 0.05) is 49.8 Å². The molecule has 6 nitrogen and oxygen atoms in total. The lowest BCUT2D eigenvalue weighted by Crippen LogP contribution is -2.37. The summed E-state index contributed by atoms with van der Waals surface area (Å²) < 4.78 is 1.84. The van der Waals surface area contributed by atoms with Gasteiger partial charge in [-0.2, -0.15) is 5.10 Å². The molecule has 0 saturated carbocycles. The van der Waals surface area contributed by atoms with E-state index in [9.17, 15) is 4.79 Å². The number of hydrogen-bond donors (Lipinski definition) is 1. The first kappa shape index (κ1) is 21.1. The first-order chi connectivity index (χ1) is 16.2. The van der Waals surface area contributed by atoms with Crippen LogP contribution in [0.5, 0.6) is 0 Å². The van der Waals surface area contributed by atoms with Gasteiger partial charge in [0.2, 0.25) is 0 Å². The second kappa shape index (κ2) is 9.79. The lowest BCUT2D eigenvalue weighted by molar-refractivity contribution is 0.0938. The summed E-state index contributed by atoms with van der Waals surface area (Å²) in [6, 6.07) is 24.5. The van der Waals surface area contributed by atoms with Crippen LogP contribution in [0.25, 0.3) is 11.3 Å². The third-order valence-corrected chi connectivity index (χ3v) is 5.99. The van der Waals surface area contributed by atoms with E-state index in [1.807, 2.05) is 47.3 Å². The predicted octanol–water partition coefficient (Wildman–Crippen LogP) is 4.00. The highest BCUT2D eigenvalue weighted by molar-refractivity contribution is 5.99. The molecule has 1 N–H and O–H groups in total. The molecule has 0 bridgehead atoms. The molecule has 0 spiro atoms. The van der Waals surface area contributed by atoms with Gasteiger partial charge in [-0.3, -0.25) is 19.4 Å².